The molecule has 22 heavy (non-hydrogen) atoms. The molecule has 0 aliphatic rings. The second kappa shape index (κ2) is 6.77. The van der Waals surface area contributed by atoms with Gasteiger partial charge in [-0.25, -0.2) is 0 Å². The number of anilines is 2. The lowest BCUT2D eigenvalue weighted by atomic mass is 10.1. The van der Waals surface area contributed by atoms with Crippen LogP contribution in [0.1, 0.15) is 10.4 Å². The summed E-state index contributed by atoms with van der Waals surface area (Å²) in [5, 5.41) is 3.28. The summed E-state index contributed by atoms with van der Waals surface area (Å²) in [4.78, 5) is 12.3. The summed E-state index contributed by atoms with van der Waals surface area (Å²) in [7, 11) is 3.01. The Kier molecular flexibility index (Phi) is 5.00. The van der Waals surface area contributed by atoms with Crippen molar-refractivity contribution >= 4 is 40.5 Å². The molecule has 7 heteroatoms. The van der Waals surface area contributed by atoms with E-state index in [2.05, 4.69) is 5.32 Å². The minimum Gasteiger partial charge on any atom is -0.497 e. The molecule has 0 unspecified atom stereocenters. The molecule has 116 valence electrons. The Morgan fingerprint density at radius 3 is 2.14 bits per heavy atom. The van der Waals surface area contributed by atoms with Gasteiger partial charge >= 0.3 is 0 Å². The van der Waals surface area contributed by atoms with Crippen LogP contribution in [-0.2, 0) is 0 Å². The van der Waals surface area contributed by atoms with Gasteiger partial charge in [-0.1, -0.05) is 23.2 Å². The average molecular weight is 341 g/mol. The number of halogens is 2. The second-order valence-corrected chi connectivity index (χ2v) is 5.22. The fraction of sp³-hybridized carbons (Fsp3) is 0.133. The van der Waals surface area contributed by atoms with E-state index in [0.717, 1.165) is 0 Å². The molecule has 0 spiro atoms. The standard InChI is InChI=1S/C15H14Cl2N2O3/c1-21-9-3-8(4-10(5-9)22-2)15(20)19-14-7-11(16)13(18)6-12(14)17/h3-7H,18H2,1-2H3,(H,19,20). The van der Waals surface area contributed by atoms with Gasteiger partial charge in [-0.05, 0) is 24.3 Å². The molecule has 0 fully saturated rings. The number of benzene rings is 2. The Morgan fingerprint density at radius 1 is 1.00 bits per heavy atom. The molecular weight excluding hydrogens is 327 g/mol. The van der Waals surface area contributed by atoms with Crippen molar-refractivity contribution in [1.82, 2.24) is 0 Å². The monoisotopic (exact) mass is 340 g/mol. The Morgan fingerprint density at radius 2 is 1.59 bits per heavy atom. The quantitative estimate of drug-likeness (QED) is 0.829. The van der Waals surface area contributed by atoms with Crippen LogP contribution in [-0.4, -0.2) is 20.1 Å². The van der Waals surface area contributed by atoms with Crippen molar-refractivity contribution in [3.8, 4) is 11.5 Å². The number of ether oxygens (including phenoxy) is 2. The number of amides is 1. The van der Waals surface area contributed by atoms with Crippen LogP contribution in [0.3, 0.4) is 0 Å². The number of nitrogen functional groups attached to an aromatic ring is 1. The van der Waals surface area contributed by atoms with Crippen molar-refractivity contribution in [1.29, 1.82) is 0 Å². The number of carbonyl (C=O) groups excluding carboxylic acids is 1. The fourth-order valence-electron chi connectivity index (χ4n) is 1.79. The van der Waals surface area contributed by atoms with Crippen LogP contribution in [0.5, 0.6) is 11.5 Å². The van der Waals surface area contributed by atoms with Gasteiger partial charge < -0.3 is 20.5 Å². The van der Waals surface area contributed by atoms with Crippen molar-refractivity contribution in [3.05, 3.63) is 45.9 Å². The molecule has 0 aromatic heterocycles. The van der Waals surface area contributed by atoms with Crippen molar-refractivity contribution in [2.45, 2.75) is 0 Å². The molecule has 2 aromatic rings. The number of carbonyl (C=O) groups is 1. The van der Waals surface area contributed by atoms with E-state index in [0.29, 0.717) is 38.5 Å². The van der Waals surface area contributed by atoms with Crippen LogP contribution in [0.4, 0.5) is 11.4 Å². The lowest BCUT2D eigenvalue weighted by Crippen LogP contribution is -2.12. The zero-order valence-electron chi connectivity index (χ0n) is 11.9. The van der Waals surface area contributed by atoms with E-state index >= 15 is 0 Å². The largest absolute Gasteiger partial charge is 0.497 e. The van der Waals surface area contributed by atoms with Crippen LogP contribution in [0.25, 0.3) is 0 Å². The Hall–Kier alpha value is -2.11. The molecule has 2 aromatic carbocycles. The summed E-state index contributed by atoms with van der Waals surface area (Å²) in [6, 6.07) is 7.82. The molecule has 0 aliphatic carbocycles. The van der Waals surface area contributed by atoms with Crippen molar-refractivity contribution in [3.63, 3.8) is 0 Å². The Bertz CT molecular complexity index is 698. The van der Waals surface area contributed by atoms with Gasteiger partial charge in [0.05, 0.1) is 35.6 Å². The van der Waals surface area contributed by atoms with Crippen LogP contribution >= 0.6 is 23.2 Å². The lowest BCUT2D eigenvalue weighted by Gasteiger charge is -2.11. The van der Waals surface area contributed by atoms with Gasteiger partial charge in [-0.2, -0.15) is 0 Å². The molecule has 3 N–H and O–H groups in total. The first-order chi connectivity index (χ1) is 10.4. The fourth-order valence-corrected chi connectivity index (χ4v) is 2.17. The van der Waals surface area contributed by atoms with Crippen molar-refractivity contribution in [2.24, 2.45) is 0 Å². The molecule has 0 radical (unpaired) electrons. The predicted molar refractivity (Wildman–Crippen MR) is 88.4 cm³/mol. The van der Waals surface area contributed by atoms with Gasteiger partial charge in [-0.15, -0.1) is 0 Å². The third-order valence-electron chi connectivity index (χ3n) is 2.95. The summed E-state index contributed by atoms with van der Waals surface area (Å²) < 4.78 is 10.3. The number of methoxy groups -OCH3 is 2. The summed E-state index contributed by atoms with van der Waals surface area (Å²) in [5.74, 6) is 0.636. The van der Waals surface area contributed by atoms with Gasteiger partial charge in [0.2, 0.25) is 0 Å². The summed E-state index contributed by atoms with van der Waals surface area (Å²) >= 11 is 12.0. The minimum absolute atomic E-state index is 0.296. The number of nitrogens with two attached hydrogens (primary N) is 1. The van der Waals surface area contributed by atoms with E-state index in [1.54, 1.807) is 18.2 Å². The zero-order chi connectivity index (χ0) is 16.3. The van der Waals surface area contributed by atoms with Crippen molar-refractivity contribution in [2.75, 3.05) is 25.3 Å². The zero-order valence-corrected chi connectivity index (χ0v) is 13.5. The highest BCUT2D eigenvalue weighted by atomic mass is 35.5. The van der Waals surface area contributed by atoms with Crippen LogP contribution in [0, 0.1) is 0 Å². The smallest absolute Gasteiger partial charge is 0.255 e. The topological polar surface area (TPSA) is 73.6 Å². The SMILES string of the molecule is COc1cc(OC)cc(C(=O)Nc2cc(Cl)c(N)cc2Cl)c1. The summed E-state index contributed by atoms with van der Waals surface area (Å²) in [6.07, 6.45) is 0. The van der Waals surface area contributed by atoms with E-state index in [9.17, 15) is 4.79 Å². The first-order valence-corrected chi connectivity index (χ1v) is 6.99. The number of hydrogen-bond donors (Lipinski definition) is 2. The first kappa shape index (κ1) is 16.3. The minimum atomic E-state index is -0.375. The van der Waals surface area contributed by atoms with E-state index in [4.69, 9.17) is 38.4 Å². The second-order valence-electron chi connectivity index (χ2n) is 4.41. The third kappa shape index (κ3) is 3.55. The number of hydrogen-bond acceptors (Lipinski definition) is 4. The molecule has 0 aliphatic heterocycles. The highest BCUT2D eigenvalue weighted by Crippen LogP contribution is 2.31. The van der Waals surface area contributed by atoms with Crippen LogP contribution in [0.2, 0.25) is 10.0 Å². The molecule has 0 saturated carbocycles. The molecular formula is C15H14Cl2N2O3. The molecule has 5 nitrogen and oxygen atoms in total. The van der Waals surface area contributed by atoms with E-state index in [1.807, 2.05) is 0 Å². The third-order valence-corrected chi connectivity index (χ3v) is 3.59. The highest BCUT2D eigenvalue weighted by Gasteiger charge is 2.13. The molecule has 1 amide bonds. The first-order valence-electron chi connectivity index (χ1n) is 6.23. The molecule has 0 heterocycles. The van der Waals surface area contributed by atoms with Gasteiger partial charge in [0.25, 0.3) is 5.91 Å². The molecule has 0 saturated heterocycles. The number of nitrogens with one attached hydrogen (secondary N) is 1. The van der Waals surface area contributed by atoms with Gasteiger partial charge in [0.1, 0.15) is 11.5 Å². The predicted octanol–water partition coefficient (Wildman–Crippen LogP) is 3.85. The van der Waals surface area contributed by atoms with Gasteiger partial charge in [0.15, 0.2) is 0 Å². The maximum atomic E-state index is 12.3. The van der Waals surface area contributed by atoms with Crippen molar-refractivity contribution < 1.29 is 14.3 Å². The van der Waals surface area contributed by atoms with Crippen LogP contribution in [0.15, 0.2) is 30.3 Å². The Balaban J connectivity index is 2.31. The van der Waals surface area contributed by atoms with E-state index in [-0.39, 0.29) is 5.91 Å². The summed E-state index contributed by atoms with van der Waals surface area (Å²) in [6.45, 7) is 0. The molecule has 0 bridgehead atoms. The lowest BCUT2D eigenvalue weighted by molar-refractivity contribution is 0.102. The molecule has 0 atom stereocenters. The Labute approximate surface area is 137 Å². The van der Waals surface area contributed by atoms with E-state index in [1.165, 1.54) is 26.4 Å². The van der Waals surface area contributed by atoms with Gasteiger partial charge in [-0.3, -0.25) is 4.79 Å². The van der Waals surface area contributed by atoms with E-state index < -0.39 is 0 Å². The highest BCUT2D eigenvalue weighted by molar-refractivity contribution is 6.37. The average Bonchev–Trinajstić information content (AvgIpc) is 2.51. The maximum Gasteiger partial charge on any atom is 0.255 e. The summed E-state index contributed by atoms with van der Waals surface area (Å²) in [5.41, 5.74) is 6.72. The van der Waals surface area contributed by atoms with Crippen LogP contribution < -0.4 is 20.5 Å². The number of rotatable bonds is 4. The maximum absolute atomic E-state index is 12.3. The normalized spacial score (nSPS) is 10.2. The van der Waals surface area contributed by atoms with Gasteiger partial charge in [0, 0.05) is 11.6 Å². The molecule has 2 rings (SSSR count).